The molecule has 0 radical (unpaired) electrons. The molecule has 2 rings (SSSR count). The number of nitrogens with zero attached hydrogens (tertiary/aromatic N) is 2. The van der Waals surface area contributed by atoms with Gasteiger partial charge in [-0.1, -0.05) is 0 Å². The molecule has 0 fully saturated rings. The van der Waals surface area contributed by atoms with Crippen LogP contribution in [0.5, 0.6) is 0 Å². The smallest absolute Gasteiger partial charge is 0.356 e. The van der Waals surface area contributed by atoms with Crippen molar-refractivity contribution in [3.63, 3.8) is 0 Å². The van der Waals surface area contributed by atoms with E-state index in [1.807, 2.05) is 6.92 Å². The summed E-state index contributed by atoms with van der Waals surface area (Å²) in [6, 6.07) is 0.309. The summed E-state index contributed by atoms with van der Waals surface area (Å²) in [5.41, 5.74) is -0.813. The molecular formula is C10H13F3N4S. The number of thiazole rings is 1. The molecule has 0 aliphatic carbocycles. The zero-order valence-electron chi connectivity index (χ0n) is 9.71. The fourth-order valence-electron chi connectivity index (χ4n) is 1.50. The Morgan fingerprint density at radius 1 is 1.56 bits per heavy atom. The van der Waals surface area contributed by atoms with Gasteiger partial charge < -0.3 is 10.6 Å². The minimum absolute atomic E-state index is 0.309. The number of halogens is 3. The van der Waals surface area contributed by atoms with Gasteiger partial charge in [0, 0.05) is 24.4 Å². The molecule has 0 bridgehead atoms. The van der Waals surface area contributed by atoms with Crippen LogP contribution in [0.4, 0.5) is 13.2 Å². The average molecular weight is 278 g/mol. The molecule has 0 amide bonds. The second-order valence-corrected chi connectivity index (χ2v) is 4.98. The van der Waals surface area contributed by atoms with Crippen molar-refractivity contribution in [3.8, 4) is 0 Å². The summed E-state index contributed by atoms with van der Waals surface area (Å²) in [4.78, 5) is 7.74. The lowest BCUT2D eigenvalue weighted by Crippen LogP contribution is -2.38. The zero-order valence-corrected chi connectivity index (χ0v) is 10.5. The van der Waals surface area contributed by atoms with Crippen LogP contribution >= 0.6 is 11.3 Å². The van der Waals surface area contributed by atoms with E-state index >= 15 is 0 Å². The van der Waals surface area contributed by atoms with Crippen LogP contribution in [0.2, 0.25) is 0 Å². The molecule has 2 heterocycles. The Bertz CT molecular complexity index is 441. The summed E-state index contributed by atoms with van der Waals surface area (Å²) >= 11 is 1.03. The second-order valence-electron chi connectivity index (χ2n) is 4.04. The van der Waals surface area contributed by atoms with Crippen LogP contribution < -0.4 is 10.6 Å². The first-order valence-corrected chi connectivity index (χ1v) is 6.39. The molecule has 100 valence electrons. The molecule has 8 heteroatoms. The second kappa shape index (κ2) is 5.13. The Hall–Kier alpha value is -1.31. The maximum Gasteiger partial charge on any atom is 0.434 e. The molecule has 1 atom stereocenters. The van der Waals surface area contributed by atoms with Gasteiger partial charge in [-0.2, -0.15) is 13.2 Å². The van der Waals surface area contributed by atoms with E-state index in [2.05, 4.69) is 20.6 Å². The Labute approximate surface area is 106 Å². The third-order valence-corrected chi connectivity index (χ3v) is 3.29. The lowest BCUT2D eigenvalue weighted by Gasteiger charge is -2.07. The van der Waals surface area contributed by atoms with E-state index < -0.39 is 11.9 Å². The van der Waals surface area contributed by atoms with Crippen molar-refractivity contribution in [2.45, 2.75) is 25.6 Å². The van der Waals surface area contributed by atoms with Gasteiger partial charge in [0.1, 0.15) is 0 Å². The van der Waals surface area contributed by atoms with E-state index in [1.54, 1.807) is 0 Å². The molecule has 1 unspecified atom stereocenters. The van der Waals surface area contributed by atoms with Crippen LogP contribution in [0.1, 0.15) is 17.6 Å². The van der Waals surface area contributed by atoms with E-state index in [1.165, 1.54) is 0 Å². The minimum Gasteiger partial charge on any atom is -0.356 e. The number of hydrogen-bond donors (Lipinski definition) is 2. The van der Waals surface area contributed by atoms with Crippen molar-refractivity contribution in [2.75, 3.05) is 13.1 Å². The highest BCUT2D eigenvalue weighted by Crippen LogP contribution is 2.29. The van der Waals surface area contributed by atoms with Gasteiger partial charge in [0.05, 0.1) is 11.6 Å². The van der Waals surface area contributed by atoms with Crippen LogP contribution in [-0.4, -0.2) is 30.1 Å². The van der Waals surface area contributed by atoms with Crippen LogP contribution in [0.15, 0.2) is 10.4 Å². The molecule has 1 aliphatic heterocycles. The molecule has 0 aromatic carbocycles. The number of rotatable bonds is 3. The van der Waals surface area contributed by atoms with E-state index in [0.717, 1.165) is 23.3 Å². The lowest BCUT2D eigenvalue weighted by molar-refractivity contribution is -0.140. The Balaban J connectivity index is 1.79. The third kappa shape index (κ3) is 3.34. The lowest BCUT2D eigenvalue weighted by atomic mass is 10.4. The number of aliphatic imine (C=N–C) groups is 1. The van der Waals surface area contributed by atoms with Gasteiger partial charge in [0.25, 0.3) is 0 Å². The predicted molar refractivity (Wildman–Crippen MR) is 63.7 cm³/mol. The van der Waals surface area contributed by atoms with E-state index in [9.17, 15) is 13.2 Å². The summed E-state index contributed by atoms with van der Waals surface area (Å²) in [5, 5.41) is 7.66. The normalized spacial score (nSPS) is 19.6. The van der Waals surface area contributed by atoms with E-state index in [-0.39, 0.29) is 0 Å². The topological polar surface area (TPSA) is 49.3 Å². The fourth-order valence-corrected chi connectivity index (χ4v) is 2.31. The first-order valence-electron chi connectivity index (χ1n) is 5.51. The first-order chi connectivity index (χ1) is 8.45. The van der Waals surface area contributed by atoms with Crippen molar-refractivity contribution in [1.29, 1.82) is 0 Å². The molecular weight excluding hydrogens is 265 g/mol. The van der Waals surface area contributed by atoms with Crippen LogP contribution in [0, 0.1) is 0 Å². The van der Waals surface area contributed by atoms with Gasteiger partial charge in [-0.05, 0) is 6.92 Å². The highest BCUT2D eigenvalue weighted by Gasteiger charge is 2.33. The Morgan fingerprint density at radius 3 is 2.89 bits per heavy atom. The van der Waals surface area contributed by atoms with Crippen LogP contribution in [0.25, 0.3) is 0 Å². The van der Waals surface area contributed by atoms with E-state index in [4.69, 9.17) is 0 Å². The predicted octanol–water partition coefficient (Wildman–Crippen LogP) is 1.64. The molecule has 4 nitrogen and oxygen atoms in total. The Morgan fingerprint density at radius 2 is 2.33 bits per heavy atom. The molecule has 2 N–H and O–H groups in total. The van der Waals surface area contributed by atoms with Crippen molar-refractivity contribution in [3.05, 3.63) is 16.1 Å². The average Bonchev–Trinajstić information content (AvgIpc) is 2.87. The minimum atomic E-state index is -4.35. The number of aromatic nitrogens is 1. The quantitative estimate of drug-likeness (QED) is 0.883. The SMILES string of the molecule is CC1CN=C(NCCc2nc(C(F)(F)F)cs2)N1. The third-order valence-electron chi connectivity index (χ3n) is 2.38. The molecule has 18 heavy (non-hydrogen) atoms. The summed E-state index contributed by atoms with van der Waals surface area (Å²) in [7, 11) is 0. The molecule has 0 saturated heterocycles. The number of guanidine groups is 1. The van der Waals surface area contributed by atoms with Gasteiger partial charge in [0.2, 0.25) is 0 Å². The standard InChI is InChI=1S/C10H13F3N4S/c1-6-4-15-9(16-6)14-3-2-8-17-7(5-18-8)10(11,12)13/h5-6H,2-4H2,1H3,(H2,14,15,16). The van der Waals surface area contributed by atoms with Crippen molar-refractivity contribution in [1.82, 2.24) is 15.6 Å². The number of alkyl halides is 3. The van der Waals surface area contributed by atoms with Gasteiger partial charge >= 0.3 is 6.18 Å². The summed E-state index contributed by atoms with van der Waals surface area (Å²) < 4.78 is 36.9. The van der Waals surface area contributed by atoms with Gasteiger partial charge in [-0.25, -0.2) is 4.98 Å². The summed E-state index contributed by atoms with van der Waals surface area (Å²) in [6.45, 7) is 3.25. The zero-order chi connectivity index (χ0) is 13.2. The molecule has 1 aromatic rings. The highest BCUT2D eigenvalue weighted by molar-refractivity contribution is 7.09. The molecule has 0 spiro atoms. The molecule has 1 aliphatic rings. The highest BCUT2D eigenvalue weighted by atomic mass is 32.1. The maximum atomic E-state index is 12.3. The largest absolute Gasteiger partial charge is 0.434 e. The number of hydrogen-bond acceptors (Lipinski definition) is 5. The van der Waals surface area contributed by atoms with Gasteiger partial charge in [-0.15, -0.1) is 11.3 Å². The summed E-state index contributed by atoms with van der Waals surface area (Å²) in [5.74, 6) is 0.704. The van der Waals surface area contributed by atoms with Gasteiger partial charge in [0.15, 0.2) is 11.7 Å². The van der Waals surface area contributed by atoms with Crippen molar-refractivity contribution >= 4 is 17.3 Å². The monoisotopic (exact) mass is 278 g/mol. The Kier molecular flexibility index (Phi) is 3.74. The molecule has 0 saturated carbocycles. The van der Waals surface area contributed by atoms with Crippen molar-refractivity contribution in [2.24, 2.45) is 4.99 Å². The summed E-state index contributed by atoms with van der Waals surface area (Å²) in [6.07, 6.45) is -3.90. The first kappa shape index (κ1) is 13.1. The van der Waals surface area contributed by atoms with Crippen LogP contribution in [-0.2, 0) is 12.6 Å². The van der Waals surface area contributed by atoms with Crippen molar-refractivity contribution < 1.29 is 13.2 Å². The van der Waals surface area contributed by atoms with Crippen LogP contribution in [0.3, 0.4) is 0 Å². The number of nitrogens with one attached hydrogen (secondary N) is 2. The maximum absolute atomic E-state index is 12.3. The van der Waals surface area contributed by atoms with Gasteiger partial charge in [-0.3, -0.25) is 4.99 Å². The fraction of sp³-hybridized carbons (Fsp3) is 0.600. The van der Waals surface area contributed by atoms with E-state index in [0.29, 0.717) is 30.0 Å². The molecule has 1 aromatic heterocycles.